The van der Waals surface area contributed by atoms with Gasteiger partial charge in [0.15, 0.2) is 0 Å². The first-order valence-electron chi connectivity index (χ1n) is 8.05. The lowest BCUT2D eigenvalue weighted by atomic mass is 10.3. The van der Waals surface area contributed by atoms with Crippen LogP contribution in [-0.4, -0.2) is 41.0 Å². The maximum atomic E-state index is 12.2. The van der Waals surface area contributed by atoms with Gasteiger partial charge < -0.3 is 9.64 Å². The van der Waals surface area contributed by atoms with E-state index >= 15 is 0 Å². The van der Waals surface area contributed by atoms with Crippen molar-refractivity contribution in [2.45, 2.75) is 0 Å². The Hall–Kier alpha value is -3.21. The Morgan fingerprint density at radius 2 is 1.80 bits per heavy atom. The SMILES string of the molecule is CN(CCOc1ccccc1)C(=O)/C=C/c1cnc2ccccc2n1. The topological polar surface area (TPSA) is 55.3 Å². The number of ether oxygens (including phenoxy) is 1. The maximum Gasteiger partial charge on any atom is 0.246 e. The second kappa shape index (κ2) is 8.06. The van der Waals surface area contributed by atoms with Crippen LogP contribution in [0, 0.1) is 0 Å². The minimum atomic E-state index is -0.105. The minimum absolute atomic E-state index is 0.105. The molecular formula is C20H19N3O2. The molecule has 1 heterocycles. The first kappa shape index (κ1) is 16.6. The molecule has 0 saturated carbocycles. The second-order valence-electron chi connectivity index (χ2n) is 5.54. The molecule has 0 aliphatic carbocycles. The van der Waals surface area contributed by atoms with Crippen LogP contribution in [0.2, 0.25) is 0 Å². The normalized spacial score (nSPS) is 10.9. The predicted molar refractivity (Wildman–Crippen MR) is 98.1 cm³/mol. The summed E-state index contributed by atoms with van der Waals surface area (Å²) < 4.78 is 5.60. The number of benzene rings is 2. The third kappa shape index (κ3) is 4.64. The molecule has 0 atom stereocenters. The highest BCUT2D eigenvalue weighted by Crippen LogP contribution is 2.10. The van der Waals surface area contributed by atoms with Gasteiger partial charge in [0.2, 0.25) is 5.91 Å². The van der Waals surface area contributed by atoms with Crippen LogP contribution in [-0.2, 0) is 4.79 Å². The highest BCUT2D eigenvalue weighted by atomic mass is 16.5. The van der Waals surface area contributed by atoms with Crippen molar-refractivity contribution >= 4 is 23.0 Å². The summed E-state index contributed by atoms with van der Waals surface area (Å²) in [5, 5.41) is 0. The Bertz CT molecular complexity index is 878. The monoisotopic (exact) mass is 333 g/mol. The van der Waals surface area contributed by atoms with E-state index in [-0.39, 0.29) is 5.91 Å². The van der Waals surface area contributed by atoms with Gasteiger partial charge in [-0.3, -0.25) is 9.78 Å². The fraction of sp³-hybridized carbons (Fsp3) is 0.150. The highest BCUT2D eigenvalue weighted by Gasteiger charge is 2.05. The fourth-order valence-corrected chi connectivity index (χ4v) is 2.26. The quantitative estimate of drug-likeness (QED) is 0.650. The van der Waals surface area contributed by atoms with Crippen molar-refractivity contribution in [1.82, 2.24) is 14.9 Å². The van der Waals surface area contributed by atoms with Crippen molar-refractivity contribution < 1.29 is 9.53 Å². The van der Waals surface area contributed by atoms with Gasteiger partial charge in [0.25, 0.3) is 0 Å². The minimum Gasteiger partial charge on any atom is -0.492 e. The summed E-state index contributed by atoms with van der Waals surface area (Å²) in [5.74, 6) is 0.692. The summed E-state index contributed by atoms with van der Waals surface area (Å²) >= 11 is 0. The third-order valence-corrected chi connectivity index (χ3v) is 3.68. The molecule has 0 bridgehead atoms. The number of hydrogen-bond donors (Lipinski definition) is 0. The predicted octanol–water partition coefficient (Wildman–Crippen LogP) is 3.18. The number of fused-ring (bicyclic) bond motifs is 1. The lowest BCUT2D eigenvalue weighted by molar-refractivity contribution is -0.125. The molecule has 0 N–H and O–H groups in total. The zero-order valence-electron chi connectivity index (χ0n) is 14.0. The first-order chi connectivity index (χ1) is 12.2. The van der Waals surface area contributed by atoms with Crippen LogP contribution in [0.4, 0.5) is 0 Å². The molecule has 0 radical (unpaired) electrons. The van der Waals surface area contributed by atoms with Gasteiger partial charge in [0.1, 0.15) is 12.4 Å². The van der Waals surface area contributed by atoms with Gasteiger partial charge in [0, 0.05) is 13.1 Å². The van der Waals surface area contributed by atoms with E-state index in [1.54, 1.807) is 24.2 Å². The summed E-state index contributed by atoms with van der Waals surface area (Å²) in [6, 6.07) is 17.2. The van der Waals surface area contributed by atoms with Crippen molar-refractivity contribution in [3.63, 3.8) is 0 Å². The second-order valence-corrected chi connectivity index (χ2v) is 5.54. The fourth-order valence-electron chi connectivity index (χ4n) is 2.26. The van der Waals surface area contributed by atoms with E-state index in [0.717, 1.165) is 16.8 Å². The lowest BCUT2D eigenvalue weighted by Crippen LogP contribution is -2.29. The number of para-hydroxylation sites is 3. The van der Waals surface area contributed by atoms with E-state index in [4.69, 9.17) is 4.74 Å². The van der Waals surface area contributed by atoms with Crippen molar-refractivity contribution in [2.24, 2.45) is 0 Å². The molecule has 3 aromatic rings. The number of carbonyl (C=O) groups excluding carboxylic acids is 1. The van der Waals surface area contributed by atoms with Crippen molar-refractivity contribution in [1.29, 1.82) is 0 Å². The van der Waals surface area contributed by atoms with E-state index in [2.05, 4.69) is 9.97 Å². The van der Waals surface area contributed by atoms with Crippen LogP contribution in [0.15, 0.2) is 66.9 Å². The molecule has 0 aliphatic heterocycles. The van der Waals surface area contributed by atoms with Crippen LogP contribution in [0.3, 0.4) is 0 Å². The van der Waals surface area contributed by atoms with Crippen LogP contribution >= 0.6 is 0 Å². The van der Waals surface area contributed by atoms with Crippen LogP contribution in [0.5, 0.6) is 5.75 Å². The zero-order chi connectivity index (χ0) is 17.5. The van der Waals surface area contributed by atoms with Crippen LogP contribution in [0.25, 0.3) is 17.1 Å². The summed E-state index contributed by atoms with van der Waals surface area (Å²) in [6.07, 6.45) is 4.84. The maximum absolute atomic E-state index is 12.2. The number of amides is 1. The molecule has 126 valence electrons. The average Bonchev–Trinajstić information content (AvgIpc) is 2.66. The molecule has 5 heteroatoms. The van der Waals surface area contributed by atoms with E-state index in [9.17, 15) is 4.79 Å². The summed E-state index contributed by atoms with van der Waals surface area (Å²) in [4.78, 5) is 22.6. The van der Waals surface area contributed by atoms with Gasteiger partial charge >= 0.3 is 0 Å². The molecule has 25 heavy (non-hydrogen) atoms. The molecule has 0 unspecified atom stereocenters. The van der Waals surface area contributed by atoms with E-state index in [1.807, 2.05) is 54.6 Å². The van der Waals surface area contributed by atoms with Crippen molar-refractivity contribution in [3.05, 3.63) is 72.6 Å². The molecule has 0 spiro atoms. The Morgan fingerprint density at radius 1 is 1.08 bits per heavy atom. The molecule has 2 aromatic carbocycles. The molecule has 3 rings (SSSR count). The van der Waals surface area contributed by atoms with Crippen molar-refractivity contribution in [3.8, 4) is 5.75 Å². The number of carbonyl (C=O) groups is 1. The van der Waals surface area contributed by atoms with Crippen LogP contribution < -0.4 is 4.74 Å². The Kier molecular flexibility index (Phi) is 5.36. The molecule has 0 aliphatic rings. The lowest BCUT2D eigenvalue weighted by Gasteiger charge is -2.15. The van der Waals surface area contributed by atoms with Crippen LogP contribution in [0.1, 0.15) is 5.69 Å². The number of aromatic nitrogens is 2. The first-order valence-corrected chi connectivity index (χ1v) is 8.05. The smallest absolute Gasteiger partial charge is 0.246 e. The molecule has 1 amide bonds. The molecule has 1 aromatic heterocycles. The zero-order valence-corrected chi connectivity index (χ0v) is 14.0. The van der Waals surface area contributed by atoms with Gasteiger partial charge in [-0.05, 0) is 30.3 Å². The van der Waals surface area contributed by atoms with Gasteiger partial charge in [-0.1, -0.05) is 30.3 Å². The number of likely N-dealkylation sites (N-methyl/N-ethyl adjacent to an activating group) is 1. The third-order valence-electron chi connectivity index (χ3n) is 3.68. The van der Waals surface area contributed by atoms with Gasteiger partial charge in [-0.15, -0.1) is 0 Å². The van der Waals surface area contributed by atoms with E-state index in [1.165, 1.54) is 6.08 Å². The molecule has 0 fully saturated rings. The Morgan fingerprint density at radius 3 is 2.60 bits per heavy atom. The standard InChI is InChI=1S/C20H19N3O2/c1-23(13-14-25-17-7-3-2-4-8-17)20(24)12-11-16-15-21-18-9-5-6-10-19(18)22-16/h2-12,15H,13-14H2,1H3/b12-11+. The van der Waals surface area contributed by atoms with Gasteiger partial charge in [-0.25, -0.2) is 4.98 Å². The highest BCUT2D eigenvalue weighted by molar-refractivity contribution is 5.91. The summed E-state index contributed by atoms with van der Waals surface area (Å²) in [5.41, 5.74) is 2.30. The Balaban J connectivity index is 1.53. The summed E-state index contributed by atoms with van der Waals surface area (Å²) in [6.45, 7) is 0.942. The largest absolute Gasteiger partial charge is 0.492 e. The molecule has 0 saturated heterocycles. The molecular weight excluding hydrogens is 314 g/mol. The van der Waals surface area contributed by atoms with Gasteiger partial charge in [-0.2, -0.15) is 0 Å². The average molecular weight is 333 g/mol. The number of nitrogens with zero attached hydrogens (tertiary/aromatic N) is 3. The van der Waals surface area contributed by atoms with E-state index < -0.39 is 0 Å². The Labute approximate surface area is 146 Å². The molecule has 5 nitrogen and oxygen atoms in total. The van der Waals surface area contributed by atoms with Gasteiger partial charge in [0.05, 0.1) is 29.5 Å². The van der Waals surface area contributed by atoms with E-state index in [0.29, 0.717) is 18.8 Å². The summed E-state index contributed by atoms with van der Waals surface area (Å²) in [7, 11) is 1.74. The number of hydrogen-bond acceptors (Lipinski definition) is 4. The number of rotatable bonds is 6. The van der Waals surface area contributed by atoms with Crippen molar-refractivity contribution in [2.75, 3.05) is 20.2 Å².